The number of imidazole rings is 1. The number of hydrogen-bond donors (Lipinski definition) is 0. The summed E-state index contributed by atoms with van der Waals surface area (Å²) in [6.45, 7) is 0. The third kappa shape index (κ3) is 5.22. The van der Waals surface area contributed by atoms with Crippen LogP contribution >= 0.6 is 35.8 Å². The molecule has 0 aliphatic heterocycles. The van der Waals surface area contributed by atoms with Gasteiger partial charge in [-0.05, 0) is 53.7 Å². The van der Waals surface area contributed by atoms with E-state index in [1.807, 2.05) is 7.05 Å². The number of ketones is 1. The Kier molecular flexibility index (Phi) is 7.39. The van der Waals surface area contributed by atoms with Gasteiger partial charge in [-0.3, -0.25) is 14.9 Å². The molecule has 0 radical (unpaired) electrons. The second kappa shape index (κ2) is 9.54. The predicted molar refractivity (Wildman–Crippen MR) is 112 cm³/mol. The largest absolute Gasteiger partial charge is 0.329 e. The maximum absolute atomic E-state index is 12.2. The van der Waals surface area contributed by atoms with E-state index in [1.165, 1.54) is 23.9 Å². The first-order valence-electron chi connectivity index (χ1n) is 7.85. The van der Waals surface area contributed by atoms with E-state index in [1.54, 1.807) is 59.4 Å². The molecule has 3 aromatic rings. The molecule has 1 heterocycles. The van der Waals surface area contributed by atoms with Crippen LogP contribution in [0.15, 0.2) is 71.0 Å². The van der Waals surface area contributed by atoms with E-state index >= 15 is 0 Å². The van der Waals surface area contributed by atoms with Crippen LogP contribution in [0, 0.1) is 10.1 Å². The number of nitro benzene ring substituents is 1. The SMILES string of the molecule is Cl.Cn1ccnc1Sc1ccc(/C=C/C(=O)c2ccc(Cl)cc2)cc1[N+](=O)[O-]. The highest BCUT2D eigenvalue weighted by Crippen LogP contribution is 2.34. The molecule has 0 aliphatic carbocycles. The van der Waals surface area contributed by atoms with Crippen molar-refractivity contribution in [2.24, 2.45) is 7.05 Å². The van der Waals surface area contributed by atoms with Gasteiger partial charge >= 0.3 is 0 Å². The normalized spacial score (nSPS) is 10.6. The molecule has 144 valence electrons. The Morgan fingerprint density at radius 2 is 1.96 bits per heavy atom. The van der Waals surface area contributed by atoms with Gasteiger partial charge in [0.2, 0.25) is 0 Å². The van der Waals surface area contributed by atoms with Crippen molar-refractivity contribution in [2.45, 2.75) is 10.1 Å². The number of aryl methyl sites for hydroxylation is 1. The average Bonchev–Trinajstić information content (AvgIpc) is 3.05. The summed E-state index contributed by atoms with van der Waals surface area (Å²) in [5.74, 6) is -0.208. The molecule has 6 nitrogen and oxygen atoms in total. The average molecular weight is 436 g/mol. The van der Waals surface area contributed by atoms with Crippen LogP contribution in [0.5, 0.6) is 0 Å². The van der Waals surface area contributed by atoms with Crippen LogP contribution in [0.4, 0.5) is 5.69 Å². The first kappa shape index (κ1) is 21.7. The number of hydrogen-bond acceptors (Lipinski definition) is 5. The number of benzene rings is 2. The van der Waals surface area contributed by atoms with Gasteiger partial charge < -0.3 is 4.57 Å². The number of halogens is 2. The number of rotatable bonds is 6. The smallest absolute Gasteiger partial charge is 0.283 e. The molecule has 0 spiro atoms. The van der Waals surface area contributed by atoms with Crippen LogP contribution in [0.25, 0.3) is 6.08 Å². The highest BCUT2D eigenvalue weighted by molar-refractivity contribution is 7.99. The lowest BCUT2D eigenvalue weighted by Gasteiger charge is -2.04. The van der Waals surface area contributed by atoms with E-state index in [0.717, 1.165) is 0 Å². The number of carbonyl (C=O) groups excluding carboxylic acids is 1. The molecule has 3 rings (SSSR count). The Bertz CT molecular complexity index is 1030. The van der Waals surface area contributed by atoms with Crippen LogP contribution in [0.3, 0.4) is 0 Å². The number of nitrogens with zero attached hydrogens (tertiary/aromatic N) is 3. The van der Waals surface area contributed by atoms with Gasteiger partial charge in [0.05, 0.1) is 9.82 Å². The van der Waals surface area contributed by atoms with E-state index in [2.05, 4.69) is 4.98 Å². The first-order chi connectivity index (χ1) is 12.9. The van der Waals surface area contributed by atoms with Gasteiger partial charge in [-0.1, -0.05) is 23.7 Å². The zero-order chi connectivity index (χ0) is 19.4. The quantitative estimate of drug-likeness (QED) is 0.222. The molecule has 1 aromatic heterocycles. The second-order valence-corrected chi connectivity index (χ2v) is 7.06. The maximum Gasteiger partial charge on any atom is 0.283 e. The molecular formula is C19H15Cl2N3O3S. The summed E-state index contributed by atoms with van der Waals surface area (Å²) >= 11 is 7.02. The molecule has 0 unspecified atom stereocenters. The number of aromatic nitrogens is 2. The highest BCUT2D eigenvalue weighted by atomic mass is 35.5. The van der Waals surface area contributed by atoms with Gasteiger partial charge in [-0.25, -0.2) is 4.98 Å². The van der Waals surface area contributed by atoms with Crippen molar-refractivity contribution in [3.63, 3.8) is 0 Å². The van der Waals surface area contributed by atoms with Gasteiger partial charge in [0.1, 0.15) is 0 Å². The fourth-order valence-corrected chi connectivity index (χ4v) is 3.31. The molecule has 0 atom stereocenters. The zero-order valence-corrected chi connectivity index (χ0v) is 17.0. The summed E-state index contributed by atoms with van der Waals surface area (Å²) in [5, 5.41) is 12.6. The second-order valence-electron chi connectivity index (χ2n) is 5.61. The fraction of sp³-hybridized carbons (Fsp3) is 0.0526. The van der Waals surface area contributed by atoms with Crippen molar-refractivity contribution in [1.82, 2.24) is 9.55 Å². The molecule has 9 heteroatoms. The Hall–Kier alpha value is -2.61. The molecule has 28 heavy (non-hydrogen) atoms. The number of allylic oxidation sites excluding steroid dienone is 1. The van der Waals surface area contributed by atoms with Crippen molar-refractivity contribution in [3.05, 3.63) is 87.2 Å². The van der Waals surface area contributed by atoms with E-state index in [4.69, 9.17) is 11.6 Å². The molecule has 0 aliphatic rings. The lowest BCUT2D eigenvalue weighted by Crippen LogP contribution is -1.95. The van der Waals surface area contributed by atoms with Crippen molar-refractivity contribution in [2.75, 3.05) is 0 Å². The van der Waals surface area contributed by atoms with Crippen molar-refractivity contribution < 1.29 is 9.72 Å². The van der Waals surface area contributed by atoms with Gasteiger partial charge in [0.25, 0.3) is 5.69 Å². The standard InChI is InChI=1S/C19H14ClN3O3S.ClH/c1-22-11-10-21-19(22)27-18-9-3-13(12-16(18)23(25)26)2-8-17(24)14-4-6-15(20)7-5-14;/h2-12H,1H3;1H/b8-2+;. The summed E-state index contributed by atoms with van der Waals surface area (Å²) in [5.41, 5.74) is 1.02. The fourth-order valence-electron chi connectivity index (χ4n) is 2.30. The minimum atomic E-state index is -0.441. The molecule has 0 bridgehead atoms. The van der Waals surface area contributed by atoms with Crippen LogP contribution < -0.4 is 0 Å². The zero-order valence-electron chi connectivity index (χ0n) is 14.6. The Morgan fingerprint density at radius 1 is 1.25 bits per heavy atom. The summed E-state index contributed by atoms with van der Waals surface area (Å²) < 4.78 is 1.78. The Morgan fingerprint density at radius 3 is 2.57 bits per heavy atom. The molecule has 2 aromatic carbocycles. The maximum atomic E-state index is 12.2. The van der Waals surface area contributed by atoms with Gasteiger partial charge in [-0.15, -0.1) is 12.4 Å². The van der Waals surface area contributed by atoms with Crippen LogP contribution in [0.1, 0.15) is 15.9 Å². The van der Waals surface area contributed by atoms with Gasteiger partial charge in [0.15, 0.2) is 10.9 Å². The van der Waals surface area contributed by atoms with E-state index in [0.29, 0.717) is 26.2 Å². The lowest BCUT2D eigenvalue weighted by atomic mass is 10.1. The third-order valence-electron chi connectivity index (χ3n) is 3.71. The van der Waals surface area contributed by atoms with Crippen molar-refractivity contribution in [3.8, 4) is 0 Å². The predicted octanol–water partition coefficient (Wildman–Crippen LogP) is 5.45. The number of nitro groups is 1. The van der Waals surface area contributed by atoms with Crippen molar-refractivity contribution >= 4 is 53.3 Å². The first-order valence-corrected chi connectivity index (χ1v) is 9.05. The molecule has 0 saturated heterocycles. The highest BCUT2D eigenvalue weighted by Gasteiger charge is 2.17. The summed E-state index contributed by atoms with van der Waals surface area (Å²) in [4.78, 5) is 27.8. The monoisotopic (exact) mass is 435 g/mol. The van der Waals surface area contributed by atoms with E-state index < -0.39 is 4.92 Å². The topological polar surface area (TPSA) is 78.0 Å². The molecular weight excluding hydrogens is 421 g/mol. The third-order valence-corrected chi connectivity index (χ3v) is 5.11. The van der Waals surface area contributed by atoms with Crippen LogP contribution in [-0.4, -0.2) is 20.3 Å². The van der Waals surface area contributed by atoms with E-state index in [-0.39, 0.29) is 23.9 Å². The Labute approximate surface area is 176 Å². The van der Waals surface area contributed by atoms with Crippen LogP contribution in [-0.2, 0) is 7.05 Å². The van der Waals surface area contributed by atoms with E-state index in [9.17, 15) is 14.9 Å². The minimum absolute atomic E-state index is 0. The van der Waals surface area contributed by atoms with Crippen LogP contribution in [0.2, 0.25) is 5.02 Å². The van der Waals surface area contributed by atoms with Gasteiger partial charge in [-0.2, -0.15) is 0 Å². The minimum Gasteiger partial charge on any atom is -0.329 e. The lowest BCUT2D eigenvalue weighted by molar-refractivity contribution is -0.387. The van der Waals surface area contributed by atoms with Crippen molar-refractivity contribution in [1.29, 1.82) is 0 Å². The number of carbonyl (C=O) groups is 1. The summed E-state index contributed by atoms with van der Waals surface area (Å²) in [6, 6.07) is 11.4. The summed E-state index contributed by atoms with van der Waals surface area (Å²) in [7, 11) is 1.82. The molecule has 0 fully saturated rings. The molecule has 0 N–H and O–H groups in total. The Balaban J connectivity index is 0.00000280. The van der Waals surface area contributed by atoms with Gasteiger partial charge in [0, 0.05) is 36.1 Å². The molecule has 0 amide bonds. The molecule has 0 saturated carbocycles. The summed E-state index contributed by atoms with van der Waals surface area (Å²) in [6.07, 6.45) is 6.34.